The van der Waals surface area contributed by atoms with Crippen molar-refractivity contribution >= 4 is 56.6 Å². The van der Waals surface area contributed by atoms with E-state index in [1.54, 1.807) is 17.5 Å². The summed E-state index contributed by atoms with van der Waals surface area (Å²) in [7, 11) is 0. The number of phenolic OH excluding ortho intramolecular Hbond substituents is 1. The van der Waals surface area contributed by atoms with Gasteiger partial charge in [-0.2, -0.15) is 9.97 Å². The van der Waals surface area contributed by atoms with Crippen molar-refractivity contribution in [2.45, 2.75) is 141 Å². The molecule has 19 heteroatoms. The number of fused-ring (bicyclic) bond motifs is 4. The Morgan fingerprint density at radius 3 is 2.39 bits per heavy atom. The van der Waals surface area contributed by atoms with E-state index >= 15 is 8.78 Å². The van der Waals surface area contributed by atoms with E-state index in [9.17, 15) is 24.6 Å². The van der Waals surface area contributed by atoms with Crippen molar-refractivity contribution in [2.24, 2.45) is 5.41 Å². The predicted molar refractivity (Wildman–Crippen MR) is 301 cm³/mol. The van der Waals surface area contributed by atoms with Gasteiger partial charge in [-0.25, -0.2) is 13.8 Å². The number of phenols is 1. The third-order valence-electron chi connectivity index (χ3n) is 16.0. The molecule has 4 fully saturated rings. The minimum atomic E-state index is -0.882. The molecule has 6 aromatic rings. The number of terminal acetylenes is 1. The van der Waals surface area contributed by atoms with E-state index in [1.807, 2.05) is 57.5 Å². The van der Waals surface area contributed by atoms with Crippen LogP contribution in [0.3, 0.4) is 0 Å². The molecule has 0 spiro atoms. The molecule has 3 aromatic heterocycles. The van der Waals surface area contributed by atoms with Crippen molar-refractivity contribution in [3.05, 3.63) is 88.7 Å². The summed E-state index contributed by atoms with van der Waals surface area (Å²) >= 11 is 1.58. The van der Waals surface area contributed by atoms with Gasteiger partial charge >= 0.3 is 6.01 Å². The number of likely N-dealkylation sites (tertiary alicyclic amines) is 2. The van der Waals surface area contributed by atoms with E-state index < -0.39 is 35.2 Å². The molecule has 4 aliphatic rings. The smallest absolute Gasteiger partial charge is 0.319 e. The zero-order chi connectivity index (χ0) is 55.5. The summed E-state index contributed by atoms with van der Waals surface area (Å²) in [5.41, 5.74) is 4.08. The van der Waals surface area contributed by atoms with Crippen LogP contribution in [0.15, 0.2) is 60.2 Å². The van der Waals surface area contributed by atoms with Crippen LogP contribution in [0.1, 0.15) is 108 Å². The van der Waals surface area contributed by atoms with Crippen LogP contribution in [0.4, 0.5) is 14.6 Å². The van der Waals surface area contributed by atoms with Crippen molar-refractivity contribution in [3.63, 3.8) is 0 Å². The van der Waals surface area contributed by atoms with Gasteiger partial charge in [0.1, 0.15) is 46.8 Å². The van der Waals surface area contributed by atoms with Crippen LogP contribution in [-0.4, -0.2) is 133 Å². The number of rotatable bonds is 18. The summed E-state index contributed by atoms with van der Waals surface area (Å²) in [6.45, 7) is 11.8. The zero-order valence-corrected chi connectivity index (χ0v) is 46.2. The highest BCUT2D eigenvalue weighted by Crippen LogP contribution is 2.40. The highest BCUT2D eigenvalue weighted by Gasteiger charge is 2.44. The van der Waals surface area contributed by atoms with Gasteiger partial charge in [0.05, 0.1) is 33.1 Å². The number of hydrogen-bond acceptors (Lipinski definition) is 14. The van der Waals surface area contributed by atoms with Crippen LogP contribution in [-0.2, 0) is 20.9 Å². The quantitative estimate of drug-likeness (QED) is 0.0409. The lowest BCUT2D eigenvalue weighted by molar-refractivity contribution is -0.144. The maximum Gasteiger partial charge on any atom is 0.319 e. The molecule has 16 nitrogen and oxygen atoms in total. The molecule has 0 aliphatic carbocycles. The molecule has 3 aromatic carbocycles. The summed E-state index contributed by atoms with van der Waals surface area (Å²) in [6.07, 6.45) is 14.7. The van der Waals surface area contributed by atoms with Gasteiger partial charge in [-0.05, 0) is 92.1 Å². The number of aliphatic hydroxyl groups excluding tert-OH is 1. The average molecular weight is 1100 g/mol. The first kappa shape index (κ1) is 55.5. The minimum Gasteiger partial charge on any atom is -0.508 e. The number of pyridine rings is 1. The second-order valence-corrected chi connectivity index (χ2v) is 23.7. The number of carbonyl (C=O) groups is 3. The molecule has 4 aliphatic heterocycles. The number of aromatic nitrogens is 4. The number of hydrogen-bond donors (Lipinski definition) is 5. The minimum absolute atomic E-state index is 0.0126. The second kappa shape index (κ2) is 23.9. The Labute approximate surface area is 463 Å². The number of carbonyl (C=O) groups excluding carboxylic acids is 3. The predicted octanol–water partition coefficient (Wildman–Crippen LogP) is 8.18. The number of thiazole rings is 1. The first-order valence-electron chi connectivity index (χ1n) is 27.7. The maximum absolute atomic E-state index is 17.1. The van der Waals surface area contributed by atoms with Gasteiger partial charge in [0, 0.05) is 81.3 Å². The van der Waals surface area contributed by atoms with Gasteiger partial charge in [-0.3, -0.25) is 19.4 Å². The monoisotopic (exact) mass is 1100 g/mol. The zero-order valence-electron chi connectivity index (χ0n) is 45.4. The molecular weight excluding hydrogens is 1030 g/mol. The number of aliphatic hydroxyl groups is 1. The lowest BCUT2D eigenvalue weighted by atomic mass is 9.85. The molecule has 10 rings (SSSR count). The second-order valence-electron chi connectivity index (χ2n) is 22.8. The molecule has 0 radical (unpaired) electrons. The van der Waals surface area contributed by atoms with Crippen LogP contribution >= 0.6 is 11.3 Å². The van der Waals surface area contributed by atoms with Gasteiger partial charge in [-0.1, -0.05) is 76.3 Å². The molecule has 2 bridgehead atoms. The number of amides is 3. The van der Waals surface area contributed by atoms with E-state index in [2.05, 4.69) is 46.6 Å². The van der Waals surface area contributed by atoms with Gasteiger partial charge in [0.2, 0.25) is 17.7 Å². The fourth-order valence-electron chi connectivity index (χ4n) is 11.8. The largest absolute Gasteiger partial charge is 0.508 e. The molecule has 5 N–H and O–H groups in total. The molecule has 5 unspecified atom stereocenters. The highest BCUT2D eigenvalue weighted by atomic mass is 32.1. The Morgan fingerprint density at radius 2 is 1.68 bits per heavy atom. The van der Waals surface area contributed by atoms with Crippen LogP contribution in [0.5, 0.6) is 11.8 Å². The highest BCUT2D eigenvalue weighted by molar-refractivity contribution is 7.13. The number of halogens is 2. The molecular formula is C60H70F2N10O6S. The van der Waals surface area contributed by atoms with Gasteiger partial charge in [0.15, 0.2) is 5.82 Å². The summed E-state index contributed by atoms with van der Waals surface area (Å²) in [6, 6.07) is 12.3. The first-order chi connectivity index (χ1) is 38.0. The Bertz CT molecular complexity index is 3250. The number of anilines is 1. The molecule has 79 heavy (non-hydrogen) atoms. The standard InChI is InChI=1S/C60H70F2N10O6S/c1-6-44-47(61)20-17-38-26-41(73)27-45(50(38)44)52-51(62)53-46(30-63-52)56(71-31-39-18-19-40(32-71)66-39)69-59(68-53)78-43-21-24-70(25-22-43)23-11-9-7-8-10-12-49(75)67-55(60(3,4)5)58(77)72-33-42(74)28-48(72)57(76)64-29-36-13-15-37(16-14-36)54-35(2)65-34-79-54/h1,13-17,20,26-27,30,34,39-40,42-43,48,55,66,73-74H,7-12,18-19,21-25,28-29,31-33H2,2-5H3,(H,64,76)(H,67,75). The van der Waals surface area contributed by atoms with Crippen molar-refractivity contribution in [2.75, 3.05) is 44.2 Å². The first-order valence-corrected chi connectivity index (χ1v) is 28.6. The number of piperazine rings is 1. The van der Waals surface area contributed by atoms with Crippen molar-refractivity contribution in [3.8, 4) is 45.8 Å². The Balaban J connectivity index is 0.690. The number of benzene rings is 3. The summed E-state index contributed by atoms with van der Waals surface area (Å²) in [5.74, 6) is 0.457. The fraction of sp³-hybridized carbons (Fsp3) is 0.483. The molecule has 3 amide bonds. The number of piperidine rings is 1. The van der Waals surface area contributed by atoms with Crippen LogP contribution in [0.2, 0.25) is 0 Å². The third kappa shape index (κ3) is 12.5. The summed E-state index contributed by atoms with van der Waals surface area (Å²) in [4.78, 5) is 66.6. The van der Waals surface area contributed by atoms with E-state index in [0.29, 0.717) is 36.1 Å². The number of β-amino-alcohol motifs (C(OH)–C–C–N with tert-alkyl or cyclic N) is 1. The van der Waals surface area contributed by atoms with E-state index in [4.69, 9.17) is 16.1 Å². The van der Waals surface area contributed by atoms with Gasteiger partial charge in [-0.15, -0.1) is 17.8 Å². The van der Waals surface area contributed by atoms with Crippen molar-refractivity contribution < 1.29 is 38.1 Å². The van der Waals surface area contributed by atoms with Gasteiger partial charge < -0.3 is 45.6 Å². The lowest BCUT2D eigenvalue weighted by Crippen LogP contribution is -2.57. The summed E-state index contributed by atoms with van der Waals surface area (Å²) in [5, 5.41) is 32.1. The maximum atomic E-state index is 17.1. The molecule has 5 atom stereocenters. The van der Waals surface area contributed by atoms with Crippen LogP contribution < -0.4 is 25.6 Å². The van der Waals surface area contributed by atoms with E-state index in [-0.39, 0.29) is 101 Å². The number of nitrogens with zero attached hydrogens (tertiary/aromatic N) is 7. The average Bonchev–Trinajstić information content (AvgIpc) is 4.15. The van der Waals surface area contributed by atoms with Gasteiger partial charge in [0.25, 0.3) is 0 Å². The normalized spacial score (nSPS) is 20.2. The van der Waals surface area contributed by atoms with E-state index in [0.717, 1.165) is 92.7 Å². The summed E-state index contributed by atoms with van der Waals surface area (Å²) < 4.78 is 38.6. The number of ether oxygens (including phenoxy) is 1. The number of unbranched alkanes of at least 4 members (excludes halogenated alkanes) is 4. The SMILES string of the molecule is C#Cc1c(F)ccc2cc(O)cc(-c3ncc4c(N5CC6CCC(C5)N6)nc(OC5CCN(CCCCCCCC(=O)NC(C(=O)N6CC(O)CC6C(=O)NCc6ccc(-c7scnc7C)cc6)C(C)(C)C)CC5)nc4c3F)c12. The van der Waals surface area contributed by atoms with Crippen LogP contribution in [0, 0.1) is 36.3 Å². The molecule has 416 valence electrons. The molecule has 4 saturated heterocycles. The number of aryl methyl sites for hydroxylation is 1. The topological polar surface area (TPSA) is 198 Å². The number of nitrogens with one attached hydrogen (secondary N) is 3. The van der Waals surface area contributed by atoms with E-state index in [1.165, 1.54) is 29.2 Å². The van der Waals surface area contributed by atoms with Crippen molar-refractivity contribution in [1.29, 1.82) is 0 Å². The Morgan fingerprint density at radius 1 is 0.949 bits per heavy atom. The van der Waals surface area contributed by atoms with Crippen LogP contribution in [0.25, 0.3) is 43.4 Å². The van der Waals surface area contributed by atoms with Crippen molar-refractivity contribution in [1.82, 2.24) is 45.7 Å². The Hall–Kier alpha value is -6.85. The fourth-order valence-corrected chi connectivity index (χ4v) is 12.6. The Kier molecular flexibility index (Phi) is 16.7. The number of aromatic hydroxyl groups is 1. The molecule has 7 heterocycles. The third-order valence-corrected chi connectivity index (χ3v) is 17.0. The molecule has 0 saturated carbocycles. The lowest BCUT2D eigenvalue weighted by Gasteiger charge is -2.35.